The molecule has 1 atom stereocenters. The Labute approximate surface area is 103 Å². The highest BCUT2D eigenvalue weighted by molar-refractivity contribution is 5.75. The summed E-state index contributed by atoms with van der Waals surface area (Å²) in [6.45, 7) is 6.42. The number of carbonyl (C=O) groups excluding carboxylic acids is 1. The van der Waals surface area contributed by atoms with Crippen LogP contribution in [0.2, 0.25) is 0 Å². The van der Waals surface area contributed by atoms with Gasteiger partial charge in [-0.15, -0.1) is 0 Å². The van der Waals surface area contributed by atoms with Crippen LogP contribution in [0, 0.1) is 5.92 Å². The number of carbonyl (C=O) groups is 1. The third-order valence-electron chi connectivity index (χ3n) is 3.82. The number of nitrogens with zero attached hydrogens (tertiary/aromatic N) is 1. The predicted octanol–water partition coefficient (Wildman–Crippen LogP) is 0.416. The van der Waals surface area contributed by atoms with Crippen molar-refractivity contribution >= 4 is 6.03 Å². The molecule has 2 heterocycles. The summed E-state index contributed by atoms with van der Waals surface area (Å²) in [6, 6.07) is 0.0467. The number of hydrogen-bond acceptors (Lipinski definition) is 3. The molecule has 0 bridgehead atoms. The van der Waals surface area contributed by atoms with Gasteiger partial charge >= 0.3 is 6.03 Å². The summed E-state index contributed by atoms with van der Waals surface area (Å²) in [6.07, 6.45) is 2.31. The lowest BCUT2D eigenvalue weighted by Gasteiger charge is -2.46. The van der Waals surface area contributed by atoms with Crippen molar-refractivity contribution < 1.29 is 9.53 Å². The highest BCUT2D eigenvalue weighted by Gasteiger charge is 2.41. The van der Waals surface area contributed by atoms with Crippen LogP contribution in [0.15, 0.2) is 0 Å². The molecule has 5 nitrogen and oxygen atoms in total. The standard InChI is InChI=1S/C12H23N3O2/c1-12(17-2)8-15(9-12)11(16)14-6-4-10-3-5-13-7-10/h10,13H,3-9H2,1-2H3,(H,14,16). The third kappa shape index (κ3) is 3.10. The molecule has 0 aromatic rings. The Morgan fingerprint density at radius 1 is 1.59 bits per heavy atom. The van der Waals surface area contributed by atoms with Crippen molar-refractivity contribution in [3.63, 3.8) is 0 Å². The molecule has 2 aliphatic rings. The summed E-state index contributed by atoms with van der Waals surface area (Å²) in [5, 5.41) is 6.31. The second-order valence-electron chi connectivity index (χ2n) is 5.39. The van der Waals surface area contributed by atoms with Gasteiger partial charge in [0.2, 0.25) is 0 Å². The van der Waals surface area contributed by atoms with Crippen molar-refractivity contribution in [2.75, 3.05) is 39.8 Å². The van der Waals surface area contributed by atoms with E-state index < -0.39 is 0 Å². The number of likely N-dealkylation sites (tertiary alicyclic amines) is 1. The van der Waals surface area contributed by atoms with E-state index in [0.717, 1.165) is 32.0 Å². The van der Waals surface area contributed by atoms with E-state index in [9.17, 15) is 4.79 Å². The summed E-state index contributed by atoms with van der Waals surface area (Å²) in [7, 11) is 1.70. The molecule has 0 aromatic heterocycles. The van der Waals surface area contributed by atoms with Gasteiger partial charge in [-0.3, -0.25) is 0 Å². The molecular formula is C12H23N3O2. The zero-order valence-corrected chi connectivity index (χ0v) is 10.8. The summed E-state index contributed by atoms with van der Waals surface area (Å²) >= 11 is 0. The van der Waals surface area contributed by atoms with Crippen LogP contribution in [0.4, 0.5) is 4.79 Å². The first kappa shape index (κ1) is 12.6. The van der Waals surface area contributed by atoms with Crippen molar-refractivity contribution in [1.82, 2.24) is 15.5 Å². The van der Waals surface area contributed by atoms with Gasteiger partial charge in [0.1, 0.15) is 5.60 Å². The Bertz CT molecular complexity index is 271. The van der Waals surface area contributed by atoms with Crippen LogP contribution in [-0.2, 0) is 4.74 Å². The largest absolute Gasteiger partial charge is 0.375 e. The molecule has 5 heteroatoms. The first-order valence-corrected chi connectivity index (χ1v) is 6.42. The summed E-state index contributed by atoms with van der Waals surface area (Å²) < 4.78 is 5.31. The molecule has 2 amide bonds. The molecule has 0 spiro atoms. The fourth-order valence-electron chi connectivity index (χ4n) is 2.49. The zero-order chi connectivity index (χ0) is 12.3. The molecular weight excluding hydrogens is 218 g/mol. The smallest absolute Gasteiger partial charge is 0.317 e. The van der Waals surface area contributed by atoms with E-state index in [1.165, 1.54) is 6.42 Å². The first-order valence-electron chi connectivity index (χ1n) is 6.42. The van der Waals surface area contributed by atoms with E-state index in [0.29, 0.717) is 13.1 Å². The number of nitrogens with one attached hydrogen (secondary N) is 2. The second-order valence-corrected chi connectivity index (χ2v) is 5.39. The van der Waals surface area contributed by atoms with Crippen LogP contribution < -0.4 is 10.6 Å². The summed E-state index contributed by atoms with van der Waals surface area (Å²) in [4.78, 5) is 13.5. The number of ether oxygens (including phenoxy) is 1. The maximum atomic E-state index is 11.7. The van der Waals surface area contributed by atoms with Gasteiger partial charge in [-0.05, 0) is 38.8 Å². The molecule has 0 aliphatic carbocycles. The van der Waals surface area contributed by atoms with Gasteiger partial charge in [0, 0.05) is 13.7 Å². The Morgan fingerprint density at radius 2 is 2.35 bits per heavy atom. The number of methoxy groups -OCH3 is 1. The van der Waals surface area contributed by atoms with Gasteiger partial charge in [0.05, 0.1) is 13.1 Å². The number of amides is 2. The lowest BCUT2D eigenvalue weighted by molar-refractivity contribution is -0.0909. The zero-order valence-electron chi connectivity index (χ0n) is 10.8. The van der Waals surface area contributed by atoms with Gasteiger partial charge in [0.15, 0.2) is 0 Å². The highest BCUT2D eigenvalue weighted by atomic mass is 16.5. The Morgan fingerprint density at radius 3 is 2.94 bits per heavy atom. The van der Waals surface area contributed by atoms with E-state index in [1.54, 1.807) is 12.0 Å². The monoisotopic (exact) mass is 241 g/mol. The normalized spacial score (nSPS) is 26.7. The average Bonchev–Trinajstić information content (AvgIpc) is 2.77. The minimum Gasteiger partial charge on any atom is -0.375 e. The van der Waals surface area contributed by atoms with E-state index in [1.807, 2.05) is 6.92 Å². The molecule has 98 valence electrons. The SMILES string of the molecule is COC1(C)CN(C(=O)NCCC2CCNC2)C1. The Balaban J connectivity index is 1.59. The molecule has 2 aliphatic heterocycles. The van der Waals surface area contributed by atoms with Crippen molar-refractivity contribution in [3.8, 4) is 0 Å². The van der Waals surface area contributed by atoms with E-state index in [2.05, 4.69) is 10.6 Å². The quantitative estimate of drug-likeness (QED) is 0.750. The van der Waals surface area contributed by atoms with Crippen molar-refractivity contribution in [2.24, 2.45) is 5.92 Å². The van der Waals surface area contributed by atoms with Gasteiger partial charge in [-0.2, -0.15) is 0 Å². The summed E-state index contributed by atoms with van der Waals surface area (Å²) in [5.41, 5.74) is -0.132. The van der Waals surface area contributed by atoms with Crippen LogP contribution >= 0.6 is 0 Å². The molecule has 2 fully saturated rings. The van der Waals surface area contributed by atoms with Crippen LogP contribution in [0.3, 0.4) is 0 Å². The first-order chi connectivity index (χ1) is 8.13. The lowest BCUT2D eigenvalue weighted by Crippen LogP contribution is -2.64. The topological polar surface area (TPSA) is 53.6 Å². The van der Waals surface area contributed by atoms with Crippen molar-refractivity contribution in [3.05, 3.63) is 0 Å². The fourth-order valence-corrected chi connectivity index (χ4v) is 2.49. The number of urea groups is 1. The van der Waals surface area contributed by atoms with Crippen LogP contribution in [0.25, 0.3) is 0 Å². The van der Waals surface area contributed by atoms with E-state index in [4.69, 9.17) is 4.74 Å². The Kier molecular flexibility index (Phi) is 3.89. The van der Waals surface area contributed by atoms with Crippen molar-refractivity contribution in [1.29, 1.82) is 0 Å². The average molecular weight is 241 g/mol. The fraction of sp³-hybridized carbons (Fsp3) is 0.917. The molecule has 2 rings (SSSR count). The van der Waals surface area contributed by atoms with E-state index >= 15 is 0 Å². The van der Waals surface area contributed by atoms with Gasteiger partial charge < -0.3 is 20.3 Å². The number of rotatable bonds is 4. The molecule has 17 heavy (non-hydrogen) atoms. The van der Waals surface area contributed by atoms with Crippen molar-refractivity contribution in [2.45, 2.75) is 25.4 Å². The predicted molar refractivity (Wildman–Crippen MR) is 66.0 cm³/mol. The number of hydrogen-bond donors (Lipinski definition) is 2. The molecule has 0 aromatic carbocycles. The van der Waals surface area contributed by atoms with E-state index in [-0.39, 0.29) is 11.6 Å². The third-order valence-corrected chi connectivity index (χ3v) is 3.82. The molecule has 2 N–H and O–H groups in total. The van der Waals surface area contributed by atoms with Crippen LogP contribution in [0.5, 0.6) is 0 Å². The van der Waals surface area contributed by atoms with Crippen LogP contribution in [-0.4, -0.2) is 56.4 Å². The molecule has 0 radical (unpaired) electrons. The molecule has 0 saturated carbocycles. The lowest BCUT2D eigenvalue weighted by atomic mass is 9.97. The maximum absolute atomic E-state index is 11.7. The molecule has 1 unspecified atom stereocenters. The minimum atomic E-state index is -0.132. The second kappa shape index (κ2) is 5.23. The minimum absolute atomic E-state index is 0.0467. The maximum Gasteiger partial charge on any atom is 0.317 e. The highest BCUT2D eigenvalue weighted by Crippen LogP contribution is 2.23. The van der Waals surface area contributed by atoms with Crippen LogP contribution in [0.1, 0.15) is 19.8 Å². The summed E-state index contributed by atoms with van der Waals surface area (Å²) in [5.74, 6) is 0.732. The van der Waals surface area contributed by atoms with Gasteiger partial charge in [0.25, 0.3) is 0 Å². The van der Waals surface area contributed by atoms with Gasteiger partial charge in [-0.1, -0.05) is 0 Å². The van der Waals surface area contributed by atoms with Gasteiger partial charge in [-0.25, -0.2) is 4.79 Å². The Hall–Kier alpha value is -0.810. The molecule has 2 saturated heterocycles.